The van der Waals surface area contributed by atoms with Crippen molar-refractivity contribution in [3.8, 4) is 0 Å². The van der Waals surface area contributed by atoms with Crippen molar-refractivity contribution in [1.82, 2.24) is 0 Å². The van der Waals surface area contributed by atoms with E-state index in [1.54, 1.807) is 13.8 Å². The highest BCUT2D eigenvalue weighted by atomic mass is 16.8. The number of ether oxygens (including phenoxy) is 3. The third-order valence-corrected chi connectivity index (χ3v) is 3.72. The molecule has 3 rings (SSSR count). The van der Waals surface area contributed by atoms with Crippen LogP contribution in [0, 0.1) is 0 Å². The summed E-state index contributed by atoms with van der Waals surface area (Å²) >= 11 is 0. The second kappa shape index (κ2) is 5.09. The number of rotatable bonds is 3. The molecule has 5 heteroatoms. The molecule has 2 heterocycles. The van der Waals surface area contributed by atoms with Gasteiger partial charge < -0.3 is 24.4 Å². The molecule has 1 aromatic rings. The maximum absolute atomic E-state index is 10.3. The molecule has 0 amide bonds. The predicted molar refractivity (Wildman–Crippen MR) is 70.9 cm³/mol. The maximum atomic E-state index is 10.3. The minimum absolute atomic E-state index is 0.422. The zero-order valence-corrected chi connectivity index (χ0v) is 11.6. The van der Waals surface area contributed by atoms with E-state index in [0.29, 0.717) is 6.42 Å². The maximum Gasteiger partial charge on any atom is 0.190 e. The third-order valence-electron chi connectivity index (χ3n) is 3.72. The van der Waals surface area contributed by atoms with Crippen LogP contribution in [0.2, 0.25) is 0 Å². The molecule has 2 aliphatic heterocycles. The second-order valence-electron chi connectivity index (χ2n) is 5.82. The Morgan fingerprint density at radius 3 is 2.55 bits per heavy atom. The smallest absolute Gasteiger partial charge is 0.190 e. The molecule has 1 aromatic carbocycles. The van der Waals surface area contributed by atoms with Gasteiger partial charge in [0.05, 0.1) is 6.10 Å². The molecule has 0 aromatic heterocycles. The fourth-order valence-corrected chi connectivity index (χ4v) is 2.81. The number of hydrogen-bond acceptors (Lipinski definition) is 5. The number of hydrogen-bond donors (Lipinski definition) is 2. The first-order chi connectivity index (χ1) is 9.46. The molecule has 0 aliphatic carbocycles. The summed E-state index contributed by atoms with van der Waals surface area (Å²) in [6.45, 7) is 3.55. The van der Waals surface area contributed by atoms with Gasteiger partial charge in [-0.2, -0.15) is 0 Å². The van der Waals surface area contributed by atoms with Crippen LogP contribution in [0.15, 0.2) is 30.3 Å². The summed E-state index contributed by atoms with van der Waals surface area (Å²) in [5.74, 6) is -0.758. The Balaban J connectivity index is 1.65. The lowest BCUT2D eigenvalue weighted by Gasteiger charge is -2.25. The Kier molecular flexibility index (Phi) is 3.56. The second-order valence-corrected chi connectivity index (χ2v) is 5.82. The van der Waals surface area contributed by atoms with Crippen molar-refractivity contribution in [2.24, 2.45) is 0 Å². The van der Waals surface area contributed by atoms with E-state index in [1.165, 1.54) is 0 Å². The van der Waals surface area contributed by atoms with Gasteiger partial charge >= 0.3 is 0 Å². The fraction of sp³-hybridized carbons (Fsp3) is 0.600. The molecule has 2 aliphatic rings. The van der Waals surface area contributed by atoms with Gasteiger partial charge in [-0.15, -0.1) is 0 Å². The summed E-state index contributed by atoms with van der Waals surface area (Å²) in [6, 6.07) is 9.61. The largest absolute Gasteiger partial charge is 0.390 e. The van der Waals surface area contributed by atoms with Crippen molar-refractivity contribution in [2.45, 2.75) is 56.8 Å². The van der Waals surface area contributed by atoms with E-state index in [1.807, 2.05) is 30.3 Å². The quantitative estimate of drug-likeness (QED) is 0.858. The summed E-state index contributed by atoms with van der Waals surface area (Å²) in [7, 11) is 0. The lowest BCUT2D eigenvalue weighted by molar-refractivity contribution is -0.225. The van der Waals surface area contributed by atoms with Gasteiger partial charge in [0, 0.05) is 6.42 Å². The number of aliphatic hydroxyl groups excluding tert-OH is 2. The van der Waals surface area contributed by atoms with Gasteiger partial charge in [-0.05, 0) is 19.4 Å². The van der Waals surface area contributed by atoms with Crippen LogP contribution in [0.1, 0.15) is 19.4 Å². The minimum Gasteiger partial charge on any atom is -0.390 e. The molecule has 1 unspecified atom stereocenters. The van der Waals surface area contributed by atoms with Gasteiger partial charge in [0.1, 0.15) is 18.3 Å². The first kappa shape index (κ1) is 14.0. The Morgan fingerprint density at radius 2 is 1.90 bits per heavy atom. The lowest BCUT2D eigenvalue weighted by atomic mass is 9.99. The number of fused-ring (bicyclic) bond motifs is 1. The van der Waals surface area contributed by atoms with E-state index in [9.17, 15) is 10.2 Å². The van der Waals surface area contributed by atoms with Crippen LogP contribution in [0.4, 0.5) is 0 Å². The van der Waals surface area contributed by atoms with Crippen LogP contribution in [0.3, 0.4) is 0 Å². The Morgan fingerprint density at radius 1 is 1.20 bits per heavy atom. The third kappa shape index (κ3) is 2.60. The van der Waals surface area contributed by atoms with Crippen molar-refractivity contribution < 1.29 is 24.4 Å². The van der Waals surface area contributed by atoms with Gasteiger partial charge in [-0.1, -0.05) is 30.3 Å². The van der Waals surface area contributed by atoms with Gasteiger partial charge in [0.15, 0.2) is 12.1 Å². The van der Waals surface area contributed by atoms with Crippen LogP contribution in [-0.4, -0.2) is 46.7 Å². The van der Waals surface area contributed by atoms with Crippen molar-refractivity contribution in [1.29, 1.82) is 0 Å². The molecule has 2 N–H and O–H groups in total. The van der Waals surface area contributed by atoms with Crippen molar-refractivity contribution in [3.63, 3.8) is 0 Å². The molecule has 2 fully saturated rings. The van der Waals surface area contributed by atoms with Gasteiger partial charge in [0.2, 0.25) is 0 Å². The Labute approximate surface area is 118 Å². The number of aliphatic hydroxyl groups is 2. The average Bonchev–Trinajstić information content (AvgIpc) is 2.85. The molecule has 2 saturated heterocycles. The van der Waals surface area contributed by atoms with E-state index in [-0.39, 0.29) is 0 Å². The first-order valence-electron chi connectivity index (χ1n) is 6.87. The van der Waals surface area contributed by atoms with E-state index in [2.05, 4.69) is 0 Å². The Bertz CT molecular complexity index is 461. The molecule has 0 bridgehead atoms. The molecule has 0 radical (unpaired) electrons. The van der Waals surface area contributed by atoms with E-state index >= 15 is 0 Å². The van der Waals surface area contributed by atoms with Crippen molar-refractivity contribution in [2.75, 3.05) is 0 Å². The molecular formula is C15H20O5. The highest BCUT2D eigenvalue weighted by Gasteiger charge is 2.55. The molecular weight excluding hydrogens is 260 g/mol. The molecule has 20 heavy (non-hydrogen) atoms. The SMILES string of the molecule is CC1(C)O[C@H]2O[C@H](C(O)Cc3ccccc3)[C@@H](O)[C@H]2O1. The molecule has 5 atom stereocenters. The highest BCUT2D eigenvalue weighted by molar-refractivity contribution is 5.16. The summed E-state index contributed by atoms with van der Waals surface area (Å²) in [4.78, 5) is 0. The van der Waals surface area contributed by atoms with E-state index in [0.717, 1.165) is 5.56 Å². The topological polar surface area (TPSA) is 68.2 Å². The molecule has 5 nitrogen and oxygen atoms in total. The zero-order chi connectivity index (χ0) is 14.3. The highest BCUT2D eigenvalue weighted by Crippen LogP contribution is 2.38. The standard InChI is InChI=1S/C15H20O5/c1-15(2)19-13-11(17)12(18-14(13)20-15)10(16)8-9-6-4-3-5-7-9/h3-7,10-14,16-17H,8H2,1-2H3/t10?,11-,12-,13-,14-/m1/s1. The van der Waals surface area contributed by atoms with Crippen LogP contribution in [0.5, 0.6) is 0 Å². The lowest BCUT2D eigenvalue weighted by Crippen LogP contribution is -2.41. The Hall–Kier alpha value is -0.980. The summed E-state index contributed by atoms with van der Waals surface area (Å²) < 4.78 is 16.8. The van der Waals surface area contributed by atoms with Crippen LogP contribution in [-0.2, 0) is 20.6 Å². The monoisotopic (exact) mass is 280 g/mol. The zero-order valence-electron chi connectivity index (χ0n) is 11.6. The molecule has 0 spiro atoms. The van der Waals surface area contributed by atoms with Gasteiger partial charge in [0.25, 0.3) is 0 Å². The first-order valence-corrected chi connectivity index (χ1v) is 6.87. The number of benzene rings is 1. The van der Waals surface area contributed by atoms with Gasteiger partial charge in [-0.3, -0.25) is 0 Å². The van der Waals surface area contributed by atoms with Crippen LogP contribution in [0.25, 0.3) is 0 Å². The van der Waals surface area contributed by atoms with E-state index < -0.39 is 36.5 Å². The van der Waals surface area contributed by atoms with Gasteiger partial charge in [-0.25, -0.2) is 0 Å². The van der Waals surface area contributed by atoms with Crippen LogP contribution < -0.4 is 0 Å². The average molecular weight is 280 g/mol. The minimum atomic E-state index is -0.888. The molecule has 0 saturated carbocycles. The normalized spacial score (nSPS) is 36.8. The van der Waals surface area contributed by atoms with Crippen molar-refractivity contribution in [3.05, 3.63) is 35.9 Å². The van der Waals surface area contributed by atoms with E-state index in [4.69, 9.17) is 14.2 Å². The fourth-order valence-electron chi connectivity index (χ4n) is 2.81. The predicted octanol–water partition coefficient (Wildman–Crippen LogP) is 0.827. The van der Waals surface area contributed by atoms with Crippen LogP contribution >= 0.6 is 0 Å². The van der Waals surface area contributed by atoms with Crippen molar-refractivity contribution >= 4 is 0 Å². The molecule has 110 valence electrons. The summed E-state index contributed by atoms with van der Waals surface area (Å²) in [5, 5.41) is 20.5. The summed E-state index contributed by atoms with van der Waals surface area (Å²) in [6.07, 6.45) is -3.11. The summed E-state index contributed by atoms with van der Waals surface area (Å²) in [5.41, 5.74) is 0.995.